The average molecular weight is 1380 g/mol. The lowest BCUT2D eigenvalue weighted by atomic mass is 10.0. The molecule has 0 fully saturated rings. The van der Waals surface area contributed by atoms with E-state index in [1.54, 1.807) is 0 Å². The minimum atomic E-state index is -4.96. The lowest BCUT2D eigenvalue weighted by Gasteiger charge is -2.21. The zero-order chi connectivity index (χ0) is 69.1. The van der Waals surface area contributed by atoms with Crippen molar-refractivity contribution in [3.8, 4) is 0 Å². The van der Waals surface area contributed by atoms with Crippen LogP contribution in [0.1, 0.15) is 394 Å². The number of phosphoric ester groups is 2. The minimum Gasteiger partial charge on any atom is -0.462 e. The molecule has 0 radical (unpaired) electrons. The molecular weight excluding hydrogens is 1230 g/mol. The Bertz CT molecular complexity index is 1810. The van der Waals surface area contributed by atoms with Crippen molar-refractivity contribution in [1.29, 1.82) is 0 Å². The van der Waals surface area contributed by atoms with Crippen LogP contribution >= 0.6 is 15.6 Å². The van der Waals surface area contributed by atoms with E-state index in [-0.39, 0.29) is 25.7 Å². The second-order valence-corrected chi connectivity index (χ2v) is 30.4. The number of carbonyl (C=O) groups excluding carboxylic acids is 4. The molecule has 0 saturated heterocycles. The second-order valence-electron chi connectivity index (χ2n) is 27.5. The van der Waals surface area contributed by atoms with Gasteiger partial charge in [-0.1, -0.05) is 343 Å². The smallest absolute Gasteiger partial charge is 0.462 e. The van der Waals surface area contributed by atoms with Gasteiger partial charge in [-0.2, -0.15) is 0 Å². The van der Waals surface area contributed by atoms with E-state index in [0.29, 0.717) is 31.6 Å². The number of aliphatic hydroxyl groups is 1. The van der Waals surface area contributed by atoms with Crippen molar-refractivity contribution in [2.24, 2.45) is 5.92 Å². The molecule has 0 aliphatic carbocycles. The van der Waals surface area contributed by atoms with Crippen LogP contribution in [-0.2, 0) is 65.4 Å². The van der Waals surface area contributed by atoms with Gasteiger partial charge >= 0.3 is 39.5 Å². The highest BCUT2D eigenvalue weighted by Gasteiger charge is 2.30. The van der Waals surface area contributed by atoms with Crippen molar-refractivity contribution >= 4 is 39.5 Å². The number of ether oxygens (including phenoxy) is 4. The van der Waals surface area contributed by atoms with Gasteiger partial charge in [-0.3, -0.25) is 37.3 Å². The summed E-state index contributed by atoms with van der Waals surface area (Å²) in [7, 11) is -9.91. The van der Waals surface area contributed by atoms with Gasteiger partial charge in [-0.15, -0.1) is 0 Å². The first-order valence-corrected chi connectivity index (χ1v) is 42.1. The number of hydrogen-bond donors (Lipinski definition) is 3. The van der Waals surface area contributed by atoms with Gasteiger partial charge in [0.15, 0.2) is 12.2 Å². The molecule has 17 nitrogen and oxygen atoms in total. The number of esters is 4. The number of carbonyl (C=O) groups is 4. The summed E-state index contributed by atoms with van der Waals surface area (Å²) in [4.78, 5) is 72.7. The van der Waals surface area contributed by atoms with Crippen LogP contribution < -0.4 is 0 Å². The van der Waals surface area contributed by atoms with Crippen molar-refractivity contribution in [3.63, 3.8) is 0 Å². The Morgan fingerprint density at radius 2 is 0.489 bits per heavy atom. The quantitative estimate of drug-likeness (QED) is 0.0222. The van der Waals surface area contributed by atoms with Crippen LogP contribution in [0.5, 0.6) is 0 Å². The Morgan fingerprint density at radius 1 is 0.287 bits per heavy atom. The minimum absolute atomic E-state index is 0.107. The second kappa shape index (κ2) is 68.2. The molecule has 3 N–H and O–H groups in total. The predicted octanol–water partition coefficient (Wildman–Crippen LogP) is 22.1. The van der Waals surface area contributed by atoms with E-state index in [0.717, 1.165) is 96.3 Å². The fraction of sp³-hybridized carbons (Fsp3) is 0.947. The first-order valence-electron chi connectivity index (χ1n) is 39.1. The van der Waals surface area contributed by atoms with Gasteiger partial charge in [0.05, 0.1) is 26.4 Å². The van der Waals surface area contributed by atoms with Crippen LogP contribution in [0.3, 0.4) is 0 Å². The first-order chi connectivity index (χ1) is 45.5. The summed E-state index contributed by atoms with van der Waals surface area (Å²) in [6.07, 6.45) is 56.9. The topological polar surface area (TPSA) is 237 Å². The zero-order valence-electron chi connectivity index (χ0n) is 61.1. The molecule has 2 unspecified atom stereocenters. The molecule has 94 heavy (non-hydrogen) atoms. The Balaban J connectivity index is 5.23. The van der Waals surface area contributed by atoms with Gasteiger partial charge in [-0.05, 0) is 31.6 Å². The predicted molar refractivity (Wildman–Crippen MR) is 382 cm³/mol. The lowest BCUT2D eigenvalue weighted by Crippen LogP contribution is -2.30. The fourth-order valence-corrected chi connectivity index (χ4v) is 13.1. The van der Waals surface area contributed by atoms with E-state index in [2.05, 4.69) is 34.6 Å². The molecule has 0 aliphatic rings. The summed E-state index contributed by atoms with van der Waals surface area (Å²) in [6.45, 7) is 7.21. The van der Waals surface area contributed by atoms with Gasteiger partial charge < -0.3 is 33.8 Å². The first kappa shape index (κ1) is 92.1. The van der Waals surface area contributed by atoms with Crippen molar-refractivity contribution in [2.45, 2.75) is 412 Å². The summed E-state index contributed by atoms with van der Waals surface area (Å²) in [5.41, 5.74) is 0. The number of hydrogen-bond acceptors (Lipinski definition) is 15. The summed E-state index contributed by atoms with van der Waals surface area (Å²) in [6, 6.07) is 0. The molecule has 0 aromatic carbocycles. The normalized spacial score (nSPS) is 14.0. The molecule has 0 aromatic rings. The molecule has 0 bridgehead atoms. The maximum Gasteiger partial charge on any atom is 0.472 e. The molecule has 0 rings (SSSR count). The van der Waals surface area contributed by atoms with Crippen molar-refractivity contribution in [2.75, 3.05) is 39.6 Å². The van der Waals surface area contributed by atoms with Crippen molar-refractivity contribution in [1.82, 2.24) is 0 Å². The van der Waals surface area contributed by atoms with Crippen molar-refractivity contribution < 1.29 is 80.2 Å². The van der Waals surface area contributed by atoms with Crippen LogP contribution in [-0.4, -0.2) is 96.7 Å². The Morgan fingerprint density at radius 3 is 0.723 bits per heavy atom. The SMILES string of the molecule is CCCCCCCCCCCCCCCCCCC(=O)OC[C@H](COP(=O)(O)OC[C@@H](O)COP(=O)(O)OC[C@@H](COC(=O)CCCCCCCCC(C)C)OC(=O)CCCCCCCCCCCCCCC)OC(=O)CCCCCCCCCCCCCCCCCC. The van der Waals surface area contributed by atoms with Gasteiger partial charge in [0, 0.05) is 25.7 Å². The third-order valence-electron chi connectivity index (χ3n) is 17.5. The van der Waals surface area contributed by atoms with E-state index >= 15 is 0 Å². The molecule has 0 aromatic heterocycles. The molecular formula is C75H146O17P2. The van der Waals surface area contributed by atoms with E-state index < -0.39 is 97.5 Å². The molecule has 5 atom stereocenters. The maximum atomic E-state index is 13.1. The van der Waals surface area contributed by atoms with E-state index in [4.69, 9.17) is 37.0 Å². The van der Waals surface area contributed by atoms with Crippen LogP contribution in [0.4, 0.5) is 0 Å². The summed E-state index contributed by atoms with van der Waals surface area (Å²) in [5, 5.41) is 10.6. The molecule has 558 valence electrons. The molecule has 0 spiro atoms. The molecule has 0 saturated carbocycles. The summed E-state index contributed by atoms with van der Waals surface area (Å²) in [5.74, 6) is -1.43. The number of aliphatic hydroxyl groups excluding tert-OH is 1. The van der Waals surface area contributed by atoms with Gasteiger partial charge in [0.2, 0.25) is 0 Å². The van der Waals surface area contributed by atoms with Gasteiger partial charge in [-0.25, -0.2) is 9.13 Å². The molecule has 19 heteroatoms. The third-order valence-corrected chi connectivity index (χ3v) is 19.4. The number of unbranched alkanes of at least 4 members (excludes halogenated alkanes) is 47. The molecule has 0 heterocycles. The highest BCUT2D eigenvalue weighted by atomic mass is 31.2. The van der Waals surface area contributed by atoms with Gasteiger partial charge in [0.1, 0.15) is 19.3 Å². The summed E-state index contributed by atoms with van der Waals surface area (Å²) < 4.78 is 68.5. The highest BCUT2D eigenvalue weighted by molar-refractivity contribution is 7.47. The van der Waals surface area contributed by atoms with Crippen LogP contribution in [0.2, 0.25) is 0 Å². The van der Waals surface area contributed by atoms with Gasteiger partial charge in [0.25, 0.3) is 0 Å². The van der Waals surface area contributed by atoms with E-state index in [9.17, 15) is 43.2 Å². The zero-order valence-corrected chi connectivity index (χ0v) is 62.9. The number of rotatable bonds is 75. The molecule has 0 amide bonds. The highest BCUT2D eigenvalue weighted by Crippen LogP contribution is 2.45. The van der Waals surface area contributed by atoms with Crippen LogP contribution in [0.15, 0.2) is 0 Å². The van der Waals surface area contributed by atoms with E-state index in [1.807, 2.05) is 0 Å². The Hall–Kier alpha value is -1.94. The standard InChI is InChI=1S/C75H146O17P2/c1-6-9-12-15-18-21-24-27-29-31-34-36-39-42-48-53-58-72(77)85-64-70(91-74(79)61-56-51-44-41-38-35-32-30-28-25-22-19-16-13-10-7-2)66-89-93(81,82)87-62-69(76)63-88-94(83,84)90-67-71(65-86-73(78)59-54-49-46-45-47-52-57-68(4)5)92-75(80)60-55-50-43-40-37-33-26-23-20-17-14-11-8-3/h68-71,76H,6-67H2,1-5H3,(H,81,82)(H,83,84)/t69-,70-,71-/m1/s1. The number of phosphoric acid groups is 2. The average Bonchev–Trinajstić information content (AvgIpc) is 1.49. The molecule has 0 aliphatic heterocycles. The largest absolute Gasteiger partial charge is 0.472 e. The Labute approximate surface area is 575 Å². The fourth-order valence-electron chi connectivity index (χ4n) is 11.5. The maximum absolute atomic E-state index is 13.1. The summed E-state index contributed by atoms with van der Waals surface area (Å²) >= 11 is 0. The van der Waals surface area contributed by atoms with Crippen LogP contribution in [0.25, 0.3) is 0 Å². The third kappa shape index (κ3) is 68.6. The Kier molecular flexibility index (Phi) is 66.8. The monoisotopic (exact) mass is 1380 g/mol. The van der Waals surface area contributed by atoms with Crippen molar-refractivity contribution in [3.05, 3.63) is 0 Å². The van der Waals surface area contributed by atoms with Crippen LogP contribution in [0, 0.1) is 5.92 Å². The lowest BCUT2D eigenvalue weighted by molar-refractivity contribution is -0.161. The van der Waals surface area contributed by atoms with E-state index in [1.165, 1.54) is 212 Å².